The second-order valence-corrected chi connectivity index (χ2v) is 6.00. The normalized spacial score (nSPS) is 10.3. The van der Waals surface area contributed by atoms with E-state index in [9.17, 15) is 23.2 Å². The highest BCUT2D eigenvalue weighted by Gasteiger charge is 2.15. The number of amides is 2. The minimum absolute atomic E-state index is 0.0592. The van der Waals surface area contributed by atoms with Gasteiger partial charge in [0.25, 0.3) is 11.8 Å². The molecule has 0 spiro atoms. The third-order valence-corrected chi connectivity index (χ3v) is 3.96. The Kier molecular flexibility index (Phi) is 7.01. The van der Waals surface area contributed by atoms with Crippen molar-refractivity contribution in [2.24, 2.45) is 0 Å². The van der Waals surface area contributed by atoms with E-state index in [-0.39, 0.29) is 11.3 Å². The number of hydrogen-bond donors (Lipinski definition) is 1. The molecule has 0 atom stereocenters. The molecule has 1 N–H and O–H groups in total. The minimum atomic E-state index is -2.97. The minimum Gasteiger partial charge on any atom is -0.452 e. The number of carbonyl (C=O) groups excluding carboxylic acids is 3. The summed E-state index contributed by atoms with van der Waals surface area (Å²) < 4.78 is 33.8. The summed E-state index contributed by atoms with van der Waals surface area (Å²) in [4.78, 5) is 35.5. The number of benzene rings is 2. The highest BCUT2D eigenvalue weighted by atomic mass is 127. The largest absolute Gasteiger partial charge is 0.452 e. The fraction of sp³-hybridized carbons (Fsp3) is 0.118. The van der Waals surface area contributed by atoms with Gasteiger partial charge in [0.2, 0.25) is 0 Å². The van der Waals surface area contributed by atoms with E-state index in [0.29, 0.717) is 9.13 Å². The van der Waals surface area contributed by atoms with Gasteiger partial charge < -0.3 is 9.47 Å². The van der Waals surface area contributed by atoms with Crippen LogP contribution in [0.1, 0.15) is 20.7 Å². The Morgan fingerprint density at radius 1 is 1.04 bits per heavy atom. The first-order valence-electron chi connectivity index (χ1n) is 7.17. The molecular weight excluding hydrogens is 463 g/mol. The van der Waals surface area contributed by atoms with Crippen LogP contribution in [0.4, 0.5) is 8.78 Å². The number of alkyl halides is 2. The SMILES string of the molecule is O=C(COC(=O)c1ccccc1I)NC(=O)c1ccc(OC(F)F)cc1. The van der Waals surface area contributed by atoms with E-state index in [2.05, 4.69) is 4.74 Å². The van der Waals surface area contributed by atoms with Gasteiger partial charge in [-0.1, -0.05) is 12.1 Å². The van der Waals surface area contributed by atoms with Crippen LogP contribution in [0, 0.1) is 3.57 Å². The molecule has 0 aromatic heterocycles. The van der Waals surface area contributed by atoms with Gasteiger partial charge in [-0.3, -0.25) is 14.9 Å². The summed E-state index contributed by atoms with van der Waals surface area (Å²) in [6.07, 6.45) is 0. The summed E-state index contributed by atoms with van der Waals surface area (Å²) >= 11 is 1.96. The highest BCUT2D eigenvalue weighted by Crippen LogP contribution is 2.15. The van der Waals surface area contributed by atoms with Crippen LogP contribution in [0.15, 0.2) is 48.5 Å². The molecule has 0 aliphatic carbocycles. The molecular formula is C17H12F2INO5. The maximum Gasteiger partial charge on any atom is 0.387 e. The maximum absolute atomic E-state index is 12.1. The number of carbonyl (C=O) groups is 3. The molecule has 6 nitrogen and oxygen atoms in total. The first-order valence-corrected chi connectivity index (χ1v) is 8.25. The summed E-state index contributed by atoms with van der Waals surface area (Å²) in [6, 6.07) is 11.5. The van der Waals surface area contributed by atoms with E-state index in [1.54, 1.807) is 24.3 Å². The molecule has 0 saturated heterocycles. The lowest BCUT2D eigenvalue weighted by molar-refractivity contribution is -0.123. The van der Waals surface area contributed by atoms with Crippen molar-refractivity contribution in [1.29, 1.82) is 0 Å². The van der Waals surface area contributed by atoms with Gasteiger partial charge >= 0.3 is 12.6 Å². The fourth-order valence-corrected chi connectivity index (χ4v) is 2.47. The average molecular weight is 475 g/mol. The Bertz CT molecular complexity index is 811. The molecule has 0 bridgehead atoms. The third-order valence-electron chi connectivity index (χ3n) is 3.02. The van der Waals surface area contributed by atoms with Crippen LogP contribution in [-0.2, 0) is 9.53 Å². The average Bonchev–Trinajstić information content (AvgIpc) is 2.60. The van der Waals surface area contributed by atoms with Gasteiger partial charge in [0.15, 0.2) is 6.61 Å². The van der Waals surface area contributed by atoms with Gasteiger partial charge in [-0.05, 0) is 59.0 Å². The van der Waals surface area contributed by atoms with Crippen LogP contribution in [0.3, 0.4) is 0 Å². The van der Waals surface area contributed by atoms with E-state index in [0.717, 1.165) is 0 Å². The number of nitrogens with one attached hydrogen (secondary N) is 1. The Morgan fingerprint density at radius 2 is 1.69 bits per heavy atom. The number of ether oxygens (including phenoxy) is 2. The van der Waals surface area contributed by atoms with Crippen molar-refractivity contribution < 1.29 is 32.6 Å². The predicted octanol–water partition coefficient (Wildman–Crippen LogP) is 3.01. The Balaban J connectivity index is 1.86. The number of hydrogen-bond acceptors (Lipinski definition) is 5. The molecule has 26 heavy (non-hydrogen) atoms. The molecule has 0 aliphatic heterocycles. The first-order chi connectivity index (χ1) is 12.4. The van der Waals surface area contributed by atoms with Gasteiger partial charge in [0.05, 0.1) is 5.56 Å². The Labute approximate surface area is 160 Å². The second-order valence-electron chi connectivity index (χ2n) is 4.84. The number of rotatable bonds is 6. The molecule has 2 amide bonds. The summed E-state index contributed by atoms with van der Waals surface area (Å²) in [5, 5.41) is 2.03. The monoisotopic (exact) mass is 475 g/mol. The van der Waals surface area contributed by atoms with E-state index < -0.39 is 31.0 Å². The van der Waals surface area contributed by atoms with Crippen molar-refractivity contribution in [2.45, 2.75) is 6.61 Å². The lowest BCUT2D eigenvalue weighted by atomic mass is 10.2. The smallest absolute Gasteiger partial charge is 0.387 e. The van der Waals surface area contributed by atoms with E-state index >= 15 is 0 Å². The molecule has 2 aromatic carbocycles. The lowest BCUT2D eigenvalue weighted by Crippen LogP contribution is -2.34. The second kappa shape index (κ2) is 9.22. The zero-order chi connectivity index (χ0) is 19.1. The van der Waals surface area contributed by atoms with Gasteiger partial charge in [-0.2, -0.15) is 8.78 Å². The van der Waals surface area contributed by atoms with Crippen LogP contribution < -0.4 is 10.1 Å². The first kappa shape index (κ1) is 19.8. The van der Waals surface area contributed by atoms with Crippen LogP contribution in [0.5, 0.6) is 5.75 Å². The van der Waals surface area contributed by atoms with Crippen LogP contribution in [-0.4, -0.2) is 31.0 Å². The highest BCUT2D eigenvalue weighted by molar-refractivity contribution is 14.1. The molecule has 2 aromatic rings. The number of esters is 1. The Hall–Kier alpha value is -2.56. The van der Waals surface area contributed by atoms with Gasteiger partial charge in [-0.15, -0.1) is 0 Å². The molecule has 0 heterocycles. The van der Waals surface area contributed by atoms with Crippen molar-refractivity contribution in [1.82, 2.24) is 5.32 Å². The summed E-state index contributed by atoms with van der Waals surface area (Å²) in [7, 11) is 0. The van der Waals surface area contributed by atoms with E-state index in [1.807, 2.05) is 27.9 Å². The topological polar surface area (TPSA) is 81.7 Å². The summed E-state index contributed by atoms with van der Waals surface area (Å²) in [5.74, 6) is -2.38. The van der Waals surface area contributed by atoms with Crippen molar-refractivity contribution in [3.05, 3.63) is 63.2 Å². The van der Waals surface area contributed by atoms with E-state index in [1.165, 1.54) is 24.3 Å². The zero-order valence-corrected chi connectivity index (χ0v) is 15.2. The third kappa shape index (κ3) is 5.76. The van der Waals surface area contributed by atoms with Crippen molar-refractivity contribution >= 4 is 40.4 Å². The van der Waals surface area contributed by atoms with Crippen LogP contribution in [0.2, 0.25) is 0 Å². The molecule has 9 heteroatoms. The zero-order valence-electron chi connectivity index (χ0n) is 13.1. The van der Waals surface area contributed by atoms with Gasteiger partial charge in [0, 0.05) is 9.13 Å². The lowest BCUT2D eigenvalue weighted by Gasteiger charge is -2.08. The maximum atomic E-state index is 12.1. The quantitative estimate of drug-likeness (QED) is 0.514. The van der Waals surface area contributed by atoms with Crippen LogP contribution in [0.25, 0.3) is 0 Å². The molecule has 0 radical (unpaired) electrons. The summed E-state index contributed by atoms with van der Waals surface area (Å²) in [5.41, 5.74) is 0.366. The predicted molar refractivity (Wildman–Crippen MR) is 95.0 cm³/mol. The summed E-state index contributed by atoms with van der Waals surface area (Å²) in [6.45, 7) is -3.61. The molecule has 0 fully saturated rings. The van der Waals surface area contributed by atoms with Gasteiger partial charge in [0.1, 0.15) is 5.75 Å². The van der Waals surface area contributed by atoms with Crippen LogP contribution >= 0.6 is 22.6 Å². The van der Waals surface area contributed by atoms with Crippen molar-refractivity contribution in [3.8, 4) is 5.75 Å². The molecule has 0 saturated carbocycles. The fourth-order valence-electron chi connectivity index (χ4n) is 1.86. The Morgan fingerprint density at radius 3 is 2.31 bits per heavy atom. The van der Waals surface area contributed by atoms with Crippen molar-refractivity contribution in [3.63, 3.8) is 0 Å². The molecule has 136 valence electrons. The standard InChI is InChI=1S/C17H12F2INO5/c18-17(19)26-11-7-5-10(6-8-11)15(23)21-14(22)9-25-16(24)12-3-1-2-4-13(12)20/h1-8,17H,9H2,(H,21,22,23). The van der Waals surface area contributed by atoms with Gasteiger partial charge in [-0.25, -0.2) is 4.79 Å². The number of halogens is 3. The number of imide groups is 1. The molecule has 0 aliphatic rings. The molecule has 2 rings (SSSR count). The molecule has 0 unspecified atom stereocenters. The van der Waals surface area contributed by atoms with E-state index in [4.69, 9.17) is 4.74 Å². The van der Waals surface area contributed by atoms with Crippen molar-refractivity contribution in [2.75, 3.05) is 6.61 Å².